The first kappa shape index (κ1) is 39.4. The third-order valence-electron chi connectivity index (χ3n) is 13.3. The van der Waals surface area contributed by atoms with Crippen molar-refractivity contribution in [3.8, 4) is 23.0 Å². The van der Waals surface area contributed by atoms with E-state index in [0.717, 1.165) is 112 Å². The van der Waals surface area contributed by atoms with E-state index in [1.165, 1.54) is 0 Å². The van der Waals surface area contributed by atoms with Gasteiger partial charge < -0.3 is 24.2 Å². The van der Waals surface area contributed by atoms with Gasteiger partial charge in [0.2, 0.25) is 0 Å². The normalized spacial score (nSPS) is 12.0. The third kappa shape index (κ3) is 6.57. The highest BCUT2D eigenvalue weighted by Crippen LogP contribution is 2.49. The Balaban J connectivity index is 1.11. The topological polar surface area (TPSA) is 28.2 Å². The SMILES string of the molecule is c1ccc(N(c2ccccc2)c2cc3c4c(c2)Oc2cc(N(c5ccccc5)c5ccccc5)c5ccccc5c2B4c2c(cc(N(c4ccccc4)c4ccccc4)c4ccccc24)O3)cc1. The van der Waals surface area contributed by atoms with E-state index in [2.05, 4.69) is 269 Å². The van der Waals surface area contributed by atoms with Gasteiger partial charge in [0.05, 0.1) is 17.1 Å². The minimum Gasteiger partial charge on any atom is -0.458 e. The summed E-state index contributed by atoms with van der Waals surface area (Å²) in [4.78, 5) is 6.97. The van der Waals surface area contributed by atoms with Crippen molar-refractivity contribution in [2.45, 2.75) is 0 Å². The van der Waals surface area contributed by atoms with Crippen LogP contribution in [0.1, 0.15) is 0 Å². The molecule has 0 aromatic heterocycles. The van der Waals surface area contributed by atoms with Crippen LogP contribution in [0.5, 0.6) is 23.0 Å². The predicted molar refractivity (Wildman–Crippen MR) is 283 cm³/mol. The number of nitrogens with zero attached hydrogens (tertiary/aromatic N) is 3. The summed E-state index contributed by atoms with van der Waals surface area (Å²) in [6.45, 7) is -0.245. The van der Waals surface area contributed by atoms with Gasteiger partial charge in [-0.2, -0.15) is 0 Å². The lowest BCUT2D eigenvalue weighted by molar-refractivity contribution is 0.465. The number of benzene rings is 11. The maximum Gasteiger partial charge on any atom is 0.262 e. The molecule has 0 bridgehead atoms. The average molecular weight is 872 g/mol. The number of hydrogen-bond donors (Lipinski definition) is 0. The molecule has 0 unspecified atom stereocenters. The number of anilines is 9. The molecule has 5 nitrogen and oxygen atoms in total. The van der Waals surface area contributed by atoms with Gasteiger partial charge in [-0.15, -0.1) is 0 Å². The molecule has 68 heavy (non-hydrogen) atoms. The molecule has 0 N–H and O–H groups in total. The van der Waals surface area contributed by atoms with Crippen molar-refractivity contribution in [3.63, 3.8) is 0 Å². The van der Waals surface area contributed by atoms with Crippen molar-refractivity contribution in [1.29, 1.82) is 0 Å². The van der Waals surface area contributed by atoms with Crippen molar-refractivity contribution < 1.29 is 9.47 Å². The van der Waals surface area contributed by atoms with Crippen LogP contribution in [-0.2, 0) is 0 Å². The summed E-state index contributed by atoms with van der Waals surface area (Å²) in [5.74, 6) is 3.12. The smallest absolute Gasteiger partial charge is 0.262 e. The van der Waals surface area contributed by atoms with Crippen LogP contribution in [-0.4, -0.2) is 6.71 Å². The number of ether oxygens (including phenoxy) is 2. The van der Waals surface area contributed by atoms with E-state index < -0.39 is 0 Å². The van der Waals surface area contributed by atoms with Crippen LogP contribution in [0.25, 0.3) is 21.5 Å². The molecule has 2 aliphatic rings. The van der Waals surface area contributed by atoms with Gasteiger partial charge >= 0.3 is 0 Å². The molecule has 2 aliphatic heterocycles. The molecule has 0 saturated heterocycles. The molecule has 11 aromatic rings. The molecule has 6 heteroatoms. The van der Waals surface area contributed by atoms with Crippen molar-refractivity contribution in [2.24, 2.45) is 0 Å². The molecule has 0 radical (unpaired) electrons. The van der Waals surface area contributed by atoms with Crippen LogP contribution in [0.2, 0.25) is 0 Å². The Morgan fingerprint density at radius 1 is 0.235 bits per heavy atom. The standard InChI is InChI=1S/C62H42BN3O2/c1-7-23-43(24-8-1)64(44-25-9-2-10-26-44)49-39-56-62-57(40-49)68-59-42-55(66(47-31-15-5-16-32-47)48-33-17-6-18-34-48)51-36-20-22-38-53(51)61(59)63(62)60-52-37-21-19-35-50(52)54(41-58(60)67-56)65(45-27-11-3-12-28-45)46-29-13-4-14-30-46/h1-42H. The van der Waals surface area contributed by atoms with Crippen LogP contribution in [0.15, 0.2) is 255 Å². The van der Waals surface area contributed by atoms with Crippen molar-refractivity contribution >= 4 is 95.8 Å². The van der Waals surface area contributed by atoms with E-state index in [-0.39, 0.29) is 6.71 Å². The molecule has 0 aliphatic carbocycles. The van der Waals surface area contributed by atoms with Crippen LogP contribution < -0.4 is 40.6 Å². The molecule has 13 rings (SSSR count). The molecular formula is C62H42BN3O2. The quantitative estimate of drug-likeness (QED) is 0.135. The van der Waals surface area contributed by atoms with Gasteiger partial charge in [-0.05, 0) is 94.5 Å². The third-order valence-corrected chi connectivity index (χ3v) is 13.3. The Morgan fingerprint density at radius 3 is 0.824 bits per heavy atom. The van der Waals surface area contributed by atoms with Gasteiger partial charge in [0, 0.05) is 74.6 Å². The average Bonchev–Trinajstić information content (AvgIpc) is 3.40. The number of fused-ring (bicyclic) bond motifs is 8. The van der Waals surface area contributed by atoms with Crippen LogP contribution >= 0.6 is 0 Å². The molecule has 0 amide bonds. The van der Waals surface area contributed by atoms with Crippen LogP contribution in [0.3, 0.4) is 0 Å². The Morgan fingerprint density at radius 2 is 0.500 bits per heavy atom. The lowest BCUT2D eigenvalue weighted by Gasteiger charge is -2.38. The second-order valence-electron chi connectivity index (χ2n) is 17.2. The van der Waals surface area contributed by atoms with E-state index in [4.69, 9.17) is 9.47 Å². The van der Waals surface area contributed by atoms with Gasteiger partial charge in [0.25, 0.3) is 6.71 Å². The van der Waals surface area contributed by atoms with E-state index in [9.17, 15) is 0 Å². The summed E-state index contributed by atoms with van der Waals surface area (Å²) in [6.07, 6.45) is 0. The largest absolute Gasteiger partial charge is 0.458 e. The molecular weight excluding hydrogens is 830 g/mol. The molecule has 320 valence electrons. The summed E-state index contributed by atoms with van der Waals surface area (Å²) in [5, 5.41) is 4.48. The maximum atomic E-state index is 7.42. The van der Waals surface area contributed by atoms with Gasteiger partial charge in [-0.25, -0.2) is 0 Å². The van der Waals surface area contributed by atoms with Crippen LogP contribution in [0, 0.1) is 0 Å². The van der Waals surface area contributed by atoms with Crippen LogP contribution in [0.4, 0.5) is 51.2 Å². The fourth-order valence-electron chi connectivity index (χ4n) is 10.4. The summed E-state index contributed by atoms with van der Waals surface area (Å²) in [6, 6.07) is 90.0. The lowest BCUT2D eigenvalue weighted by atomic mass is 9.33. The first-order chi connectivity index (χ1) is 33.8. The van der Waals surface area contributed by atoms with Crippen molar-refractivity contribution in [3.05, 3.63) is 255 Å². The Labute approximate surface area is 396 Å². The highest BCUT2D eigenvalue weighted by atomic mass is 16.5. The molecule has 0 fully saturated rings. The fraction of sp³-hybridized carbons (Fsp3) is 0. The Kier molecular flexibility index (Phi) is 9.53. The minimum absolute atomic E-state index is 0.245. The monoisotopic (exact) mass is 871 g/mol. The molecule has 0 spiro atoms. The predicted octanol–water partition coefficient (Wildman–Crippen LogP) is 15.1. The molecule has 0 saturated carbocycles. The first-order valence-corrected chi connectivity index (χ1v) is 23.1. The van der Waals surface area contributed by atoms with E-state index in [1.54, 1.807) is 0 Å². The van der Waals surface area contributed by atoms with Gasteiger partial charge in [0.15, 0.2) is 0 Å². The molecule has 11 aromatic carbocycles. The van der Waals surface area contributed by atoms with E-state index >= 15 is 0 Å². The van der Waals surface area contributed by atoms with Crippen molar-refractivity contribution in [2.75, 3.05) is 14.7 Å². The molecule has 2 heterocycles. The Hall–Kier alpha value is -9.00. The highest BCUT2D eigenvalue weighted by Gasteiger charge is 2.44. The van der Waals surface area contributed by atoms with Crippen molar-refractivity contribution in [1.82, 2.24) is 0 Å². The first-order valence-electron chi connectivity index (χ1n) is 23.1. The maximum absolute atomic E-state index is 7.42. The number of para-hydroxylation sites is 6. The van der Waals surface area contributed by atoms with Gasteiger partial charge in [0.1, 0.15) is 23.0 Å². The zero-order valence-electron chi connectivity index (χ0n) is 37.0. The Bertz CT molecular complexity index is 3320. The summed E-state index contributed by atoms with van der Waals surface area (Å²) in [7, 11) is 0. The second-order valence-corrected chi connectivity index (χ2v) is 17.2. The lowest BCUT2D eigenvalue weighted by Crippen LogP contribution is -2.58. The fourth-order valence-corrected chi connectivity index (χ4v) is 10.4. The van der Waals surface area contributed by atoms with Gasteiger partial charge in [-0.1, -0.05) is 158 Å². The molecule has 0 atom stereocenters. The minimum atomic E-state index is -0.245. The number of hydrogen-bond acceptors (Lipinski definition) is 5. The van der Waals surface area contributed by atoms with E-state index in [1.807, 2.05) is 0 Å². The summed E-state index contributed by atoms with van der Waals surface area (Å²) >= 11 is 0. The zero-order chi connectivity index (χ0) is 45.0. The summed E-state index contributed by atoms with van der Waals surface area (Å²) in [5.41, 5.74) is 12.5. The van der Waals surface area contributed by atoms with Gasteiger partial charge in [-0.3, -0.25) is 0 Å². The highest BCUT2D eigenvalue weighted by molar-refractivity contribution is 7.01. The number of rotatable bonds is 9. The second kappa shape index (κ2) is 16.5. The zero-order valence-corrected chi connectivity index (χ0v) is 37.0. The summed E-state index contributed by atoms with van der Waals surface area (Å²) < 4.78 is 14.8. The van der Waals surface area contributed by atoms with E-state index in [0.29, 0.717) is 0 Å².